The third-order valence-corrected chi connectivity index (χ3v) is 24.7. The number of benzene rings is 4. The van der Waals surface area contributed by atoms with Crippen molar-refractivity contribution in [1.82, 2.24) is 39.9 Å². The number of hydrogen-bond acceptors (Lipinski definition) is 16. The van der Waals surface area contributed by atoms with Gasteiger partial charge in [-0.1, -0.05) is 108 Å². The number of hydrogen-bond donors (Lipinski definition) is 4. The van der Waals surface area contributed by atoms with Gasteiger partial charge < -0.3 is 30.7 Å². The summed E-state index contributed by atoms with van der Waals surface area (Å²) in [6.45, 7) is 27.2. The molecule has 4 N–H and O–H groups in total. The van der Waals surface area contributed by atoms with Crippen LogP contribution in [0.2, 0.25) is 0 Å². The first kappa shape index (κ1) is 78.0. The number of nitrogens with one attached hydrogen (secondary N) is 4. The van der Waals surface area contributed by atoms with Crippen LogP contribution in [0.3, 0.4) is 0 Å². The largest absolute Gasteiger partial charge is 0.501 e. The molecular weight excluding hydrogens is 1370 g/mol. The fraction of sp³-hybridized carbons (Fsp3) is 0.520. The topological polar surface area (TPSA) is 231 Å². The highest BCUT2D eigenvalue weighted by atomic mass is 32.2. The molecule has 0 radical (unpaired) electrons. The second-order valence-electron chi connectivity index (χ2n) is 29.0. The van der Waals surface area contributed by atoms with Crippen molar-refractivity contribution < 1.29 is 54.0 Å². The lowest BCUT2D eigenvalue weighted by molar-refractivity contribution is -0.144. The summed E-state index contributed by atoms with van der Waals surface area (Å²) in [5.41, 5.74) is 2.94. The van der Waals surface area contributed by atoms with E-state index in [1.165, 1.54) is 40.6 Å². The molecule has 4 aliphatic rings. The number of anilines is 2. The van der Waals surface area contributed by atoms with Crippen molar-refractivity contribution in [1.29, 1.82) is 0 Å². The first-order valence-corrected chi connectivity index (χ1v) is 40.0. The number of carbonyl (C=O) groups excluding carboxylic acids is 5. The molecule has 5 aromatic rings. The van der Waals surface area contributed by atoms with Crippen molar-refractivity contribution in [2.45, 2.75) is 177 Å². The predicted molar refractivity (Wildman–Crippen MR) is 394 cm³/mol. The maximum Gasteiger partial charge on any atom is 0.501 e. The number of alkyl halides is 3. The minimum atomic E-state index is -6.17. The van der Waals surface area contributed by atoms with Crippen molar-refractivity contribution in [3.8, 4) is 10.4 Å². The van der Waals surface area contributed by atoms with Gasteiger partial charge in [-0.25, -0.2) is 26.5 Å². The molecule has 0 unspecified atom stereocenters. The summed E-state index contributed by atoms with van der Waals surface area (Å²) >= 11 is 2.96. The Morgan fingerprint density at radius 3 is 2.13 bits per heavy atom. The van der Waals surface area contributed by atoms with Gasteiger partial charge in [-0.2, -0.15) is 13.2 Å². The summed E-state index contributed by atoms with van der Waals surface area (Å²) in [4.78, 5) is 82.9. The number of aromatic nitrogens is 1. The average Bonchev–Trinajstić information content (AvgIpc) is 1.26. The molecule has 0 spiro atoms. The molecule has 3 aliphatic heterocycles. The highest BCUT2D eigenvalue weighted by molar-refractivity contribution is 7.99. The quantitative estimate of drug-likeness (QED) is 0.0258. The number of thioether (sulfide) groups is 1. The molecular formula is C75H99F3N10O9S4. The molecule has 9 rings (SSSR count). The van der Waals surface area contributed by atoms with E-state index in [1.807, 2.05) is 99.4 Å². The standard InChI is InChI=1S/C75H99F3N10O9S4/c1-10-17-51(2)62-47-74(8,9)35-33-57(62)48-85-40-42-86(43-41-85)59-29-27-56(28-30-59)70(91)83-101(96,97)61-31-32-63(65(46-61)100(94,95)75(76,77)78)81-58(49-98-60-18-12-11-13-19-60)34-37-84-38-44-87(45-39-84)67(90)22-15-14-21-66(89)82-69(73(5,6)7)72(93)88-36-16-20-64(88)71(92)80-52(3)54-23-25-55(26-24-54)68-53(4)79-50-99-68/h11-13,18-19,23-32,46,50,52,58,64,69,81H,2,10,14-17,20-22,33-45,47-49H2,1,3-9H3,(H,80,92)(H,82,89)(H,83,91)/t52-,58+,64-,69+/m0/s1. The van der Waals surface area contributed by atoms with E-state index in [0.717, 1.165) is 109 Å². The van der Waals surface area contributed by atoms with Crippen LogP contribution in [0, 0.1) is 17.8 Å². The van der Waals surface area contributed by atoms with E-state index >= 15 is 0 Å². The lowest BCUT2D eigenvalue weighted by Gasteiger charge is -2.39. The van der Waals surface area contributed by atoms with Crippen LogP contribution in [-0.2, 0) is 39.0 Å². The molecule has 4 heterocycles. The Bertz CT molecular complexity index is 4000. The maximum atomic E-state index is 14.6. The number of sulfonamides is 1. The lowest BCUT2D eigenvalue weighted by atomic mass is 9.72. The van der Waals surface area contributed by atoms with Crippen molar-refractivity contribution in [2.75, 3.05) is 88.0 Å². The minimum absolute atomic E-state index is 0.0304. The summed E-state index contributed by atoms with van der Waals surface area (Å²) in [6, 6.07) is 23.4. The van der Waals surface area contributed by atoms with Gasteiger partial charge in [0.25, 0.3) is 25.8 Å². The second-order valence-corrected chi connectivity index (χ2v) is 34.5. The van der Waals surface area contributed by atoms with Crippen LogP contribution >= 0.6 is 23.1 Å². The van der Waals surface area contributed by atoms with Crippen molar-refractivity contribution >= 4 is 83.9 Å². The SMILES string of the molecule is C=C(CCC)C1=C(CN2CCN(c3ccc(C(=O)NS(=O)(=O)c4ccc(N[C@H](CCN5CCN(C(=O)CCCCC(=O)N[C@H](C(=O)N6CCC[C@H]6C(=O)N[C@@H](C)c6ccc(-c7scnc7C)cc6)C(C)(C)C)CC5)CSc5ccccc5)c(S(=O)(=O)C(F)(F)F)c4)cc3)CC2)CCC(C)(C)C1. The second kappa shape index (κ2) is 34.0. The van der Waals surface area contributed by atoms with Gasteiger partial charge in [0.15, 0.2) is 0 Å². The van der Waals surface area contributed by atoms with Crippen molar-refractivity contribution in [3.05, 3.63) is 143 Å². The van der Waals surface area contributed by atoms with Gasteiger partial charge in [-0.05, 0) is 154 Å². The Labute approximate surface area is 602 Å². The van der Waals surface area contributed by atoms with Crippen LogP contribution in [0.5, 0.6) is 0 Å². The molecule has 0 bridgehead atoms. The number of thiazole rings is 1. The molecule has 548 valence electrons. The van der Waals surface area contributed by atoms with Gasteiger partial charge in [-0.3, -0.25) is 33.8 Å². The van der Waals surface area contributed by atoms with E-state index in [4.69, 9.17) is 0 Å². The fourth-order valence-corrected chi connectivity index (χ4v) is 17.5. The number of rotatable bonds is 29. The molecule has 26 heteroatoms. The molecule has 4 atom stereocenters. The molecule has 5 amide bonds. The van der Waals surface area contributed by atoms with Gasteiger partial charge in [0.05, 0.1) is 32.7 Å². The molecule has 101 heavy (non-hydrogen) atoms. The van der Waals surface area contributed by atoms with E-state index in [2.05, 4.69) is 63.0 Å². The molecule has 4 aromatic carbocycles. The third-order valence-electron chi connectivity index (χ3n) is 19.7. The Kier molecular flexibility index (Phi) is 26.3. The number of piperazine rings is 2. The molecule has 1 aliphatic carbocycles. The predicted octanol–water partition coefficient (Wildman–Crippen LogP) is 12.6. The summed E-state index contributed by atoms with van der Waals surface area (Å²) in [7, 11) is -11.1. The number of sulfone groups is 1. The van der Waals surface area contributed by atoms with Crippen molar-refractivity contribution in [3.63, 3.8) is 0 Å². The van der Waals surface area contributed by atoms with Crippen molar-refractivity contribution in [2.24, 2.45) is 10.8 Å². The summed E-state index contributed by atoms with van der Waals surface area (Å²) in [5.74, 6) is -1.79. The maximum absolute atomic E-state index is 14.6. The van der Waals surface area contributed by atoms with Gasteiger partial charge in [0, 0.05) is 113 Å². The van der Waals surface area contributed by atoms with E-state index < -0.39 is 70.3 Å². The van der Waals surface area contributed by atoms with Gasteiger partial charge in [0.1, 0.15) is 17.0 Å². The zero-order chi connectivity index (χ0) is 73.0. The smallest absolute Gasteiger partial charge is 0.380 e. The number of nitrogens with zero attached hydrogens (tertiary/aromatic N) is 6. The molecule has 3 saturated heterocycles. The van der Waals surface area contributed by atoms with Crippen LogP contribution in [0.1, 0.15) is 153 Å². The fourth-order valence-electron chi connectivity index (χ4n) is 13.6. The third kappa shape index (κ3) is 20.6. The number of unbranched alkanes of at least 4 members (excludes halogenated alkanes) is 1. The monoisotopic (exact) mass is 1470 g/mol. The van der Waals surface area contributed by atoms with Gasteiger partial charge in [-0.15, -0.1) is 23.1 Å². The molecule has 0 saturated carbocycles. The van der Waals surface area contributed by atoms with E-state index in [0.29, 0.717) is 77.4 Å². The summed E-state index contributed by atoms with van der Waals surface area (Å²) in [5, 5.41) is 9.08. The zero-order valence-electron chi connectivity index (χ0n) is 59.4. The first-order chi connectivity index (χ1) is 47.8. The van der Waals surface area contributed by atoms with E-state index in [-0.39, 0.29) is 59.2 Å². The number of aryl methyl sites for hydroxylation is 1. The Morgan fingerprint density at radius 2 is 1.49 bits per heavy atom. The number of carbonyl (C=O) groups is 5. The Balaban J connectivity index is 0.752. The van der Waals surface area contributed by atoms with Gasteiger partial charge >= 0.3 is 5.51 Å². The summed E-state index contributed by atoms with van der Waals surface area (Å²) in [6.07, 6.45) is 7.78. The number of allylic oxidation sites excluding steroid dienone is 2. The highest BCUT2D eigenvalue weighted by Gasteiger charge is 2.49. The lowest BCUT2D eigenvalue weighted by Crippen LogP contribution is -2.57. The first-order valence-electron chi connectivity index (χ1n) is 35.1. The average molecular weight is 1470 g/mol. The number of likely N-dealkylation sites (tertiary alicyclic amines) is 1. The van der Waals surface area contributed by atoms with E-state index in [9.17, 15) is 54.0 Å². The molecule has 1 aromatic heterocycles. The Hall–Kier alpha value is -7.10. The van der Waals surface area contributed by atoms with Crippen LogP contribution in [0.15, 0.2) is 141 Å². The Morgan fingerprint density at radius 1 is 0.812 bits per heavy atom. The van der Waals surface area contributed by atoms with Gasteiger partial charge in [0.2, 0.25) is 23.6 Å². The number of halogens is 3. The minimum Gasteiger partial charge on any atom is -0.380 e. The van der Waals surface area contributed by atoms with E-state index in [1.54, 1.807) is 33.3 Å². The molecule has 19 nitrogen and oxygen atoms in total. The normalized spacial score (nSPS) is 18.2. The number of amides is 5. The summed E-state index contributed by atoms with van der Waals surface area (Å²) < 4.78 is 100. The zero-order valence-corrected chi connectivity index (χ0v) is 62.7. The van der Waals surface area contributed by atoms with Crippen LogP contribution in [-0.4, -0.2) is 172 Å². The van der Waals surface area contributed by atoms with Crippen LogP contribution in [0.4, 0.5) is 24.5 Å². The molecule has 3 fully saturated rings. The highest BCUT2D eigenvalue weighted by Crippen LogP contribution is 2.43. The van der Waals surface area contributed by atoms with Crippen LogP contribution < -0.4 is 25.6 Å². The van der Waals surface area contributed by atoms with Crippen LogP contribution in [0.25, 0.3) is 10.4 Å².